The maximum Gasteiger partial charge on any atom is 0.193 e. The number of aliphatic imine (C=N–C) groups is 1. The third kappa shape index (κ3) is 4.87. The molecule has 1 aliphatic rings. The van der Waals surface area contributed by atoms with Gasteiger partial charge in [-0.15, -0.1) is 24.0 Å². The second-order valence-corrected chi connectivity index (χ2v) is 6.28. The summed E-state index contributed by atoms with van der Waals surface area (Å²) in [4.78, 5) is 4.47. The van der Waals surface area contributed by atoms with Crippen LogP contribution in [0.4, 0.5) is 5.69 Å². The maximum absolute atomic E-state index is 6.09. The second kappa shape index (κ2) is 9.08. The van der Waals surface area contributed by atoms with Crippen molar-refractivity contribution in [2.24, 2.45) is 10.7 Å². The normalized spacial score (nSPS) is 13.6. The van der Waals surface area contributed by atoms with Crippen molar-refractivity contribution in [3.63, 3.8) is 0 Å². The van der Waals surface area contributed by atoms with E-state index >= 15 is 0 Å². The number of aryl methyl sites for hydroxylation is 2. The molecule has 0 unspecified atom stereocenters. The van der Waals surface area contributed by atoms with E-state index in [9.17, 15) is 0 Å². The molecule has 0 heterocycles. The highest BCUT2D eigenvalue weighted by Gasteiger charge is 2.13. The molecule has 0 aliphatic heterocycles. The van der Waals surface area contributed by atoms with Crippen LogP contribution in [0, 0.1) is 6.92 Å². The highest BCUT2D eigenvalue weighted by molar-refractivity contribution is 14.0. The Kier molecular flexibility index (Phi) is 7.11. The first kappa shape index (κ1) is 19.6. The van der Waals surface area contributed by atoms with E-state index < -0.39 is 0 Å². The largest absolute Gasteiger partial charge is 0.496 e. The van der Waals surface area contributed by atoms with Crippen molar-refractivity contribution in [3.05, 3.63) is 58.7 Å². The van der Waals surface area contributed by atoms with Crippen LogP contribution in [0.15, 0.2) is 41.4 Å². The lowest BCUT2D eigenvalue weighted by Crippen LogP contribution is -2.24. The summed E-state index contributed by atoms with van der Waals surface area (Å²) in [5.74, 6) is 1.33. The average molecular weight is 451 g/mol. The third-order valence-electron chi connectivity index (χ3n) is 4.56. The fraction of sp³-hybridized carbons (Fsp3) is 0.350. The lowest BCUT2D eigenvalue weighted by atomic mass is 9.90. The number of benzene rings is 2. The molecule has 0 amide bonds. The van der Waals surface area contributed by atoms with Gasteiger partial charge in [0.15, 0.2) is 5.96 Å². The van der Waals surface area contributed by atoms with Gasteiger partial charge in [0.1, 0.15) is 5.75 Å². The molecule has 3 N–H and O–H groups in total. The molecule has 1 aliphatic carbocycles. The van der Waals surface area contributed by atoms with Crippen LogP contribution in [-0.4, -0.2) is 13.1 Å². The van der Waals surface area contributed by atoms with Crippen molar-refractivity contribution in [1.82, 2.24) is 0 Å². The number of ether oxygens (including phenoxy) is 1. The Morgan fingerprint density at radius 3 is 2.80 bits per heavy atom. The van der Waals surface area contributed by atoms with E-state index in [4.69, 9.17) is 10.5 Å². The molecule has 134 valence electrons. The number of nitrogens with zero attached hydrogens (tertiary/aromatic N) is 1. The number of fused-ring (bicyclic) bond motifs is 1. The minimum atomic E-state index is 0. The maximum atomic E-state index is 6.09. The molecular formula is C20H26IN3O. The summed E-state index contributed by atoms with van der Waals surface area (Å²) in [7, 11) is 1.68. The van der Waals surface area contributed by atoms with Gasteiger partial charge in [0.25, 0.3) is 0 Å². The predicted octanol–water partition coefficient (Wildman–Crippen LogP) is 4.43. The van der Waals surface area contributed by atoms with E-state index in [0.717, 1.165) is 35.4 Å². The quantitative estimate of drug-likeness (QED) is 0.411. The fourth-order valence-corrected chi connectivity index (χ4v) is 3.22. The molecule has 3 rings (SSSR count). The first-order valence-electron chi connectivity index (χ1n) is 8.48. The smallest absolute Gasteiger partial charge is 0.193 e. The molecule has 2 aromatic rings. The van der Waals surface area contributed by atoms with Crippen molar-refractivity contribution < 1.29 is 4.74 Å². The van der Waals surface area contributed by atoms with Gasteiger partial charge in [0.05, 0.1) is 13.7 Å². The number of nitrogens with two attached hydrogens (primary N) is 1. The van der Waals surface area contributed by atoms with E-state index in [-0.39, 0.29) is 24.0 Å². The van der Waals surface area contributed by atoms with E-state index in [2.05, 4.69) is 34.6 Å². The Labute approximate surface area is 166 Å². The minimum Gasteiger partial charge on any atom is -0.496 e. The zero-order valence-corrected chi connectivity index (χ0v) is 17.2. The average Bonchev–Trinajstić information content (AvgIpc) is 2.61. The van der Waals surface area contributed by atoms with Gasteiger partial charge in [0.2, 0.25) is 0 Å². The van der Waals surface area contributed by atoms with Crippen molar-refractivity contribution >= 4 is 35.6 Å². The topological polar surface area (TPSA) is 59.6 Å². The second-order valence-electron chi connectivity index (χ2n) is 6.28. The molecule has 0 spiro atoms. The molecule has 0 radical (unpaired) electrons. The van der Waals surface area contributed by atoms with Crippen molar-refractivity contribution in [1.29, 1.82) is 0 Å². The fourth-order valence-electron chi connectivity index (χ4n) is 3.22. The Bertz CT molecular complexity index is 759. The molecule has 0 saturated heterocycles. The van der Waals surface area contributed by atoms with E-state index in [1.165, 1.54) is 24.0 Å². The summed E-state index contributed by atoms with van der Waals surface area (Å²) in [6, 6.07) is 12.5. The molecular weight excluding hydrogens is 425 g/mol. The molecule has 0 saturated carbocycles. The van der Waals surface area contributed by atoms with Crippen LogP contribution in [0.1, 0.15) is 35.1 Å². The first-order chi connectivity index (χ1) is 11.7. The van der Waals surface area contributed by atoms with Crippen LogP contribution >= 0.6 is 24.0 Å². The number of halogens is 1. The summed E-state index contributed by atoms with van der Waals surface area (Å²) in [6.45, 7) is 2.56. The van der Waals surface area contributed by atoms with Gasteiger partial charge in [-0.25, -0.2) is 4.99 Å². The Hall–Kier alpha value is -1.76. The molecule has 0 bridgehead atoms. The summed E-state index contributed by atoms with van der Waals surface area (Å²) in [5.41, 5.74) is 12.2. The number of hydrogen-bond donors (Lipinski definition) is 2. The van der Waals surface area contributed by atoms with E-state index in [1.807, 2.05) is 19.1 Å². The van der Waals surface area contributed by atoms with Gasteiger partial charge in [-0.05, 0) is 67.0 Å². The van der Waals surface area contributed by atoms with E-state index in [1.54, 1.807) is 7.11 Å². The van der Waals surface area contributed by atoms with Crippen LogP contribution in [0.5, 0.6) is 5.75 Å². The number of nitrogens with one attached hydrogen (secondary N) is 1. The van der Waals surface area contributed by atoms with Gasteiger partial charge >= 0.3 is 0 Å². The lowest BCUT2D eigenvalue weighted by Gasteiger charge is -2.19. The van der Waals surface area contributed by atoms with Gasteiger partial charge in [-0.1, -0.05) is 24.3 Å². The molecule has 2 aromatic carbocycles. The van der Waals surface area contributed by atoms with Gasteiger partial charge < -0.3 is 15.8 Å². The minimum absolute atomic E-state index is 0. The molecule has 0 aromatic heterocycles. The standard InChI is InChI=1S/C20H25N3O.HI/c1-14-10-11-15(12-19(14)24-2)13-22-20(21)23-18-9-5-7-16-6-3-4-8-17(16)18;/h5,7,9-12H,3-4,6,8,13H2,1-2H3,(H3,21,22,23);1H. The van der Waals surface area contributed by atoms with Crippen molar-refractivity contribution in [2.75, 3.05) is 12.4 Å². The highest BCUT2D eigenvalue weighted by Crippen LogP contribution is 2.27. The summed E-state index contributed by atoms with van der Waals surface area (Å²) in [5, 5.41) is 3.28. The lowest BCUT2D eigenvalue weighted by molar-refractivity contribution is 0.411. The van der Waals surface area contributed by atoms with E-state index in [0.29, 0.717) is 12.5 Å². The molecule has 5 heteroatoms. The van der Waals surface area contributed by atoms with Crippen molar-refractivity contribution in [2.45, 2.75) is 39.2 Å². The number of methoxy groups -OCH3 is 1. The Balaban J connectivity index is 0.00000225. The number of hydrogen-bond acceptors (Lipinski definition) is 2. The predicted molar refractivity (Wildman–Crippen MR) is 115 cm³/mol. The zero-order chi connectivity index (χ0) is 16.9. The van der Waals surface area contributed by atoms with Gasteiger partial charge in [-0.3, -0.25) is 0 Å². The molecule has 4 nitrogen and oxygen atoms in total. The van der Waals surface area contributed by atoms with Crippen LogP contribution in [-0.2, 0) is 19.4 Å². The number of anilines is 1. The summed E-state index contributed by atoms with van der Waals surface area (Å²) >= 11 is 0. The Morgan fingerprint density at radius 2 is 2.00 bits per heavy atom. The van der Waals surface area contributed by atoms with Gasteiger partial charge in [-0.2, -0.15) is 0 Å². The van der Waals surface area contributed by atoms with Crippen molar-refractivity contribution in [3.8, 4) is 5.75 Å². The van der Waals surface area contributed by atoms with Crippen LogP contribution in [0.25, 0.3) is 0 Å². The molecule has 0 fully saturated rings. The Morgan fingerprint density at radius 1 is 1.20 bits per heavy atom. The van der Waals surface area contributed by atoms with Gasteiger partial charge in [0, 0.05) is 5.69 Å². The monoisotopic (exact) mass is 451 g/mol. The molecule has 25 heavy (non-hydrogen) atoms. The summed E-state index contributed by atoms with van der Waals surface area (Å²) in [6.07, 6.45) is 4.78. The van der Waals surface area contributed by atoms with Crippen LogP contribution < -0.4 is 15.8 Å². The highest BCUT2D eigenvalue weighted by atomic mass is 127. The number of rotatable bonds is 4. The number of guanidine groups is 1. The summed E-state index contributed by atoms with van der Waals surface area (Å²) < 4.78 is 5.35. The van der Waals surface area contributed by atoms with Crippen LogP contribution in [0.3, 0.4) is 0 Å². The zero-order valence-electron chi connectivity index (χ0n) is 14.8. The third-order valence-corrected chi connectivity index (χ3v) is 4.56. The first-order valence-corrected chi connectivity index (χ1v) is 8.48. The van der Waals surface area contributed by atoms with Crippen LogP contribution in [0.2, 0.25) is 0 Å². The SMILES string of the molecule is COc1cc(CN=C(N)Nc2cccc3c2CCCC3)ccc1C.I. The molecule has 0 atom stereocenters.